The van der Waals surface area contributed by atoms with E-state index in [1.54, 1.807) is 12.1 Å². The third kappa shape index (κ3) is 3.17. The number of carbonyl (C=O) groups is 1. The number of rotatable bonds is 4. The molecule has 0 aliphatic carbocycles. The number of methoxy groups -OCH3 is 1. The van der Waals surface area contributed by atoms with E-state index in [9.17, 15) is 9.18 Å². The van der Waals surface area contributed by atoms with E-state index in [0.29, 0.717) is 16.3 Å². The number of Topliss-reactive ketones (excluding diaryl/α,β-unsaturated/α-hetero) is 1. The summed E-state index contributed by atoms with van der Waals surface area (Å²) in [5.41, 5.74) is 1.68. The predicted octanol–water partition coefficient (Wildman–Crippen LogP) is 4.22. The van der Waals surface area contributed by atoms with E-state index in [-0.39, 0.29) is 17.8 Å². The smallest absolute Gasteiger partial charge is 0.171 e. The maximum Gasteiger partial charge on any atom is 0.171 e. The summed E-state index contributed by atoms with van der Waals surface area (Å²) in [6.45, 7) is 1.89. The number of hydrogen-bond acceptors (Lipinski definition) is 2. The molecular formula is C16H14ClFO2. The normalized spacial score (nSPS) is 10.4. The van der Waals surface area contributed by atoms with Crippen LogP contribution < -0.4 is 4.74 Å². The Balaban J connectivity index is 2.32. The van der Waals surface area contributed by atoms with Crippen LogP contribution >= 0.6 is 11.6 Å². The Morgan fingerprint density at radius 3 is 2.70 bits per heavy atom. The van der Waals surface area contributed by atoms with Crippen LogP contribution in [0.5, 0.6) is 5.75 Å². The van der Waals surface area contributed by atoms with Gasteiger partial charge in [-0.3, -0.25) is 4.79 Å². The first-order valence-corrected chi connectivity index (χ1v) is 6.51. The number of ketones is 1. The Morgan fingerprint density at radius 2 is 2.00 bits per heavy atom. The van der Waals surface area contributed by atoms with E-state index in [2.05, 4.69) is 0 Å². The second-order valence-electron chi connectivity index (χ2n) is 4.54. The molecule has 0 aliphatic heterocycles. The second-order valence-corrected chi connectivity index (χ2v) is 4.98. The molecule has 0 fully saturated rings. The summed E-state index contributed by atoms with van der Waals surface area (Å²) in [5.74, 6) is -0.149. The van der Waals surface area contributed by atoms with Crippen LogP contribution in [-0.2, 0) is 6.42 Å². The fourth-order valence-corrected chi connectivity index (χ4v) is 2.18. The fraction of sp³-hybridized carbons (Fsp3) is 0.188. The molecule has 0 unspecified atom stereocenters. The summed E-state index contributed by atoms with van der Waals surface area (Å²) >= 11 is 5.83. The lowest BCUT2D eigenvalue weighted by atomic mass is 10.0. The summed E-state index contributed by atoms with van der Waals surface area (Å²) in [6, 6.07) is 9.52. The molecule has 0 spiro atoms. The van der Waals surface area contributed by atoms with Gasteiger partial charge in [0.1, 0.15) is 11.6 Å². The Kier molecular flexibility index (Phi) is 4.40. The van der Waals surface area contributed by atoms with Crippen molar-refractivity contribution in [2.45, 2.75) is 13.3 Å². The van der Waals surface area contributed by atoms with Crippen LogP contribution in [0.4, 0.5) is 4.39 Å². The van der Waals surface area contributed by atoms with Gasteiger partial charge in [0.15, 0.2) is 5.78 Å². The number of benzene rings is 2. The van der Waals surface area contributed by atoms with Gasteiger partial charge in [-0.25, -0.2) is 4.39 Å². The average molecular weight is 293 g/mol. The fourth-order valence-electron chi connectivity index (χ4n) is 1.99. The Hall–Kier alpha value is -1.87. The van der Waals surface area contributed by atoms with Gasteiger partial charge in [0, 0.05) is 11.4 Å². The van der Waals surface area contributed by atoms with Gasteiger partial charge in [-0.15, -0.1) is 0 Å². The Labute approximate surface area is 122 Å². The molecule has 0 heterocycles. The number of ether oxygens (including phenoxy) is 1. The van der Waals surface area contributed by atoms with Gasteiger partial charge < -0.3 is 4.74 Å². The van der Waals surface area contributed by atoms with Gasteiger partial charge in [0.05, 0.1) is 12.7 Å². The second kappa shape index (κ2) is 6.06. The van der Waals surface area contributed by atoms with Crippen LogP contribution in [-0.4, -0.2) is 12.9 Å². The molecule has 0 saturated heterocycles. The number of halogens is 2. The first kappa shape index (κ1) is 14.5. The molecule has 0 aromatic heterocycles. The lowest BCUT2D eigenvalue weighted by Crippen LogP contribution is -2.07. The molecule has 0 saturated carbocycles. The van der Waals surface area contributed by atoms with Crippen molar-refractivity contribution in [3.63, 3.8) is 0 Å². The van der Waals surface area contributed by atoms with Crippen molar-refractivity contribution in [3.8, 4) is 5.75 Å². The molecule has 0 bridgehead atoms. The third-order valence-corrected chi connectivity index (χ3v) is 3.25. The van der Waals surface area contributed by atoms with Gasteiger partial charge in [0.25, 0.3) is 0 Å². The van der Waals surface area contributed by atoms with Gasteiger partial charge in [-0.2, -0.15) is 0 Å². The molecule has 0 N–H and O–H groups in total. The van der Waals surface area contributed by atoms with Crippen LogP contribution in [0, 0.1) is 12.7 Å². The minimum Gasteiger partial charge on any atom is -0.496 e. The van der Waals surface area contributed by atoms with Crippen molar-refractivity contribution in [2.24, 2.45) is 0 Å². The van der Waals surface area contributed by atoms with Crippen LogP contribution in [0.25, 0.3) is 0 Å². The molecule has 2 aromatic rings. The summed E-state index contributed by atoms with van der Waals surface area (Å²) in [5, 5.41) is 0.408. The molecule has 4 heteroatoms. The Bertz CT molecular complexity index is 653. The average Bonchev–Trinajstić information content (AvgIpc) is 2.42. The van der Waals surface area contributed by atoms with Crippen LogP contribution in [0.2, 0.25) is 5.02 Å². The molecule has 20 heavy (non-hydrogen) atoms. The van der Waals surface area contributed by atoms with E-state index in [4.69, 9.17) is 16.3 Å². The van der Waals surface area contributed by atoms with E-state index < -0.39 is 5.82 Å². The van der Waals surface area contributed by atoms with Crippen LogP contribution in [0.1, 0.15) is 21.5 Å². The molecular weight excluding hydrogens is 279 g/mol. The molecule has 2 nitrogen and oxygen atoms in total. The molecule has 2 aromatic carbocycles. The summed E-state index contributed by atoms with van der Waals surface area (Å²) < 4.78 is 18.8. The summed E-state index contributed by atoms with van der Waals surface area (Å²) in [7, 11) is 1.50. The standard InChI is InChI=1S/C16H14ClFO2/c1-10-3-6-16(20-2)13(7-10)15(19)9-11-8-12(17)4-5-14(11)18/h3-8H,9H2,1-2H3. The number of hydrogen-bond donors (Lipinski definition) is 0. The predicted molar refractivity (Wildman–Crippen MR) is 77.2 cm³/mol. The Morgan fingerprint density at radius 1 is 1.25 bits per heavy atom. The summed E-state index contributed by atoms with van der Waals surface area (Å²) in [6.07, 6.45) is -0.0494. The van der Waals surface area contributed by atoms with Gasteiger partial charge >= 0.3 is 0 Å². The molecule has 0 aliphatic rings. The highest BCUT2D eigenvalue weighted by Gasteiger charge is 2.15. The lowest BCUT2D eigenvalue weighted by molar-refractivity contribution is 0.0989. The van der Waals surface area contributed by atoms with Gasteiger partial charge in [0.2, 0.25) is 0 Å². The monoisotopic (exact) mass is 292 g/mol. The molecule has 0 radical (unpaired) electrons. The van der Waals surface area contributed by atoms with Gasteiger partial charge in [-0.05, 0) is 42.8 Å². The number of carbonyl (C=O) groups excluding carboxylic acids is 1. The van der Waals surface area contributed by atoms with Crippen molar-refractivity contribution >= 4 is 17.4 Å². The van der Waals surface area contributed by atoms with Crippen molar-refractivity contribution < 1.29 is 13.9 Å². The SMILES string of the molecule is COc1ccc(C)cc1C(=O)Cc1cc(Cl)ccc1F. The van der Waals surface area contributed by atoms with E-state index >= 15 is 0 Å². The zero-order chi connectivity index (χ0) is 14.7. The summed E-state index contributed by atoms with van der Waals surface area (Å²) in [4.78, 5) is 12.3. The molecule has 0 amide bonds. The minimum absolute atomic E-state index is 0.0494. The van der Waals surface area contributed by atoms with Crippen LogP contribution in [0.3, 0.4) is 0 Å². The minimum atomic E-state index is -0.436. The van der Waals surface area contributed by atoms with Crippen molar-refractivity contribution in [1.82, 2.24) is 0 Å². The highest BCUT2D eigenvalue weighted by Crippen LogP contribution is 2.23. The van der Waals surface area contributed by atoms with Crippen molar-refractivity contribution in [2.75, 3.05) is 7.11 Å². The van der Waals surface area contributed by atoms with Gasteiger partial charge in [-0.1, -0.05) is 23.2 Å². The van der Waals surface area contributed by atoms with Crippen molar-refractivity contribution in [3.05, 3.63) is 63.9 Å². The van der Waals surface area contributed by atoms with Crippen molar-refractivity contribution in [1.29, 1.82) is 0 Å². The lowest BCUT2D eigenvalue weighted by Gasteiger charge is -2.09. The highest BCUT2D eigenvalue weighted by atomic mass is 35.5. The molecule has 104 valence electrons. The first-order chi connectivity index (χ1) is 9.51. The largest absolute Gasteiger partial charge is 0.496 e. The van der Waals surface area contributed by atoms with E-state index in [0.717, 1.165) is 5.56 Å². The quantitative estimate of drug-likeness (QED) is 0.789. The molecule has 0 atom stereocenters. The first-order valence-electron chi connectivity index (χ1n) is 6.13. The van der Waals surface area contributed by atoms with Crippen LogP contribution in [0.15, 0.2) is 36.4 Å². The molecule has 2 rings (SSSR count). The topological polar surface area (TPSA) is 26.3 Å². The highest BCUT2D eigenvalue weighted by molar-refractivity contribution is 6.30. The maximum atomic E-state index is 13.7. The third-order valence-electron chi connectivity index (χ3n) is 3.01. The van der Waals surface area contributed by atoms with E-state index in [1.165, 1.54) is 25.3 Å². The zero-order valence-corrected chi connectivity index (χ0v) is 12.0. The maximum absolute atomic E-state index is 13.7. The zero-order valence-electron chi connectivity index (χ0n) is 11.2. The number of aryl methyl sites for hydroxylation is 1. The van der Waals surface area contributed by atoms with E-state index in [1.807, 2.05) is 13.0 Å².